The summed E-state index contributed by atoms with van der Waals surface area (Å²) >= 11 is 0. The lowest BCUT2D eigenvalue weighted by Crippen LogP contribution is -2.73. The number of carboxylic acid groups (broad SMARTS) is 1. The number of rotatable bonds is 14. The predicted octanol–water partition coefficient (Wildman–Crippen LogP) is -5.29. The van der Waals surface area contributed by atoms with Crippen LogP contribution in [0, 0.1) is 50.2 Å². The van der Waals surface area contributed by atoms with E-state index < -0.39 is 242 Å². The molecule has 0 amide bonds. The van der Waals surface area contributed by atoms with Crippen LogP contribution in [-0.2, 0) is 57.0 Å². The van der Waals surface area contributed by atoms with Gasteiger partial charge in [-0.1, -0.05) is 53.2 Å². The molecule has 0 aromatic carbocycles. The highest BCUT2D eigenvalue weighted by molar-refractivity contribution is 5.80. The van der Waals surface area contributed by atoms with Gasteiger partial charge in [0.15, 0.2) is 37.4 Å². The van der Waals surface area contributed by atoms with Gasteiger partial charge < -0.3 is 134 Å². The number of hydrogen-bond acceptors (Lipinski definition) is 28. The van der Waals surface area contributed by atoms with Crippen LogP contribution in [0.2, 0.25) is 0 Å². The first-order valence-corrected chi connectivity index (χ1v) is 29.8. The molecule has 0 aromatic rings. The molecular weight excluding hydrogens is 1150 g/mol. The second-order valence-corrected chi connectivity index (χ2v) is 28.1. The molecule has 5 saturated heterocycles. The van der Waals surface area contributed by atoms with Gasteiger partial charge in [0.05, 0.1) is 63.6 Å². The van der Waals surface area contributed by atoms with Gasteiger partial charge in [-0.2, -0.15) is 0 Å². The van der Waals surface area contributed by atoms with E-state index in [2.05, 4.69) is 19.9 Å². The van der Waals surface area contributed by atoms with Gasteiger partial charge in [-0.05, 0) is 85.4 Å². The Bertz CT molecular complexity index is 2490. The maximum Gasteiger partial charge on any atom is 0.335 e. The molecule has 33 atom stereocenters. The number of hydrogen-bond donors (Lipinski definition) is 17. The van der Waals surface area contributed by atoms with Gasteiger partial charge in [-0.15, -0.1) is 0 Å². The molecule has 0 radical (unpaired) electrons. The lowest BCUT2D eigenvalue weighted by atomic mass is 9.32. The van der Waals surface area contributed by atoms with Crippen molar-refractivity contribution in [3.63, 3.8) is 0 Å². The molecule has 29 nitrogen and oxygen atoms in total. The lowest BCUT2D eigenvalue weighted by molar-refractivity contribution is -0.360. The normalized spacial score (nSPS) is 55.3. The Morgan fingerprint density at radius 1 is 0.628 bits per heavy atom. The zero-order chi connectivity index (χ0) is 63.1. The number of aliphatic hydroxyl groups is 16. The minimum absolute atomic E-state index is 0.0224. The largest absolute Gasteiger partial charge is 0.479 e. The van der Waals surface area contributed by atoms with Crippen molar-refractivity contribution in [3.8, 4) is 0 Å². The minimum atomic E-state index is -2.08. The van der Waals surface area contributed by atoms with Crippen LogP contribution in [0.1, 0.15) is 93.4 Å². The van der Waals surface area contributed by atoms with Crippen LogP contribution < -0.4 is 0 Å². The van der Waals surface area contributed by atoms with Gasteiger partial charge in [0.2, 0.25) is 6.29 Å². The van der Waals surface area contributed by atoms with Crippen LogP contribution in [0.4, 0.5) is 0 Å². The Kier molecular flexibility index (Phi) is 18.3. The Hall–Kier alpha value is -2.32. The van der Waals surface area contributed by atoms with E-state index in [4.69, 9.17) is 47.4 Å². The molecular formula is C57H90O29. The van der Waals surface area contributed by atoms with Crippen molar-refractivity contribution in [1.82, 2.24) is 0 Å². The number of carbonyl (C=O) groups excluding carboxylic acids is 1. The highest BCUT2D eigenvalue weighted by Gasteiger charge is 2.75. The van der Waals surface area contributed by atoms with Crippen molar-refractivity contribution in [1.29, 1.82) is 0 Å². The molecule has 5 aliphatic heterocycles. The molecule has 5 heterocycles. The number of aliphatic hydroxyl groups excluding tert-OH is 15. The van der Waals surface area contributed by atoms with Crippen LogP contribution in [0.25, 0.3) is 0 Å². The standard InChI is InChI=1S/C57H90O29/c1-21-37(81-45-36(71)38(26(63)17-77-45)82-49-42(72)56(76,19-60)20-78-49)33(68)35(70)46(79-21)84-40-30(65)27(16-58)80-48(40)86-50(75)57-11-10-51(2,3)12-23(57)22-8-9-28-52(4)13-25(62)43(85-47-34(69)31(66)32(67)39(83-47)44(73)74)53(5,18-59)41(52)24(61)14-55(28,7)54(22,6)15-29(57)64/h8,21,23-43,45-49,58-72,76H,9-20H2,1-7H3,(H,73,74). The van der Waals surface area contributed by atoms with Crippen LogP contribution >= 0.6 is 0 Å². The number of aliphatic carboxylic acids is 1. The molecule has 0 aromatic heterocycles. The third kappa shape index (κ3) is 10.4. The summed E-state index contributed by atoms with van der Waals surface area (Å²) in [6.45, 7) is 9.72. The van der Waals surface area contributed by atoms with E-state index in [1.807, 2.05) is 20.8 Å². The summed E-state index contributed by atoms with van der Waals surface area (Å²) in [5.74, 6) is -4.44. The van der Waals surface area contributed by atoms with Gasteiger partial charge >= 0.3 is 11.9 Å². The predicted molar refractivity (Wildman–Crippen MR) is 282 cm³/mol. The Balaban J connectivity index is 0.869. The van der Waals surface area contributed by atoms with Crippen molar-refractivity contribution >= 4 is 11.9 Å². The van der Waals surface area contributed by atoms with Gasteiger partial charge in [-0.25, -0.2) is 4.79 Å². The number of allylic oxidation sites excluding steroid dienone is 2. The maximum absolute atomic E-state index is 15.4. The van der Waals surface area contributed by atoms with E-state index >= 15 is 4.79 Å². The minimum Gasteiger partial charge on any atom is -0.479 e. The molecule has 0 bridgehead atoms. The van der Waals surface area contributed by atoms with E-state index in [0.717, 1.165) is 5.57 Å². The second-order valence-electron chi connectivity index (χ2n) is 28.1. The SMILES string of the molecule is CC1OC(OC2C(OC(=O)C34CCC(C)(C)CC3C3=CCC5C6(C)CC(O)C(OC7OC(C(=O)O)C(O)C(O)C7O)C(C)(CO)C6C(O)CC5(C)C3(C)CC4O)OC(CO)C2O)C(O)C(O)C1OC1OCC(O)C(OC2OCC(O)(CO)C2O)C1O. The first-order chi connectivity index (χ1) is 40.1. The molecule has 10 rings (SSSR count). The van der Waals surface area contributed by atoms with Crippen molar-refractivity contribution in [2.75, 3.05) is 33.0 Å². The Labute approximate surface area is 495 Å². The monoisotopic (exact) mass is 1240 g/mol. The second kappa shape index (κ2) is 23.7. The summed E-state index contributed by atoms with van der Waals surface area (Å²) < 4.78 is 58.2. The number of fused-ring (bicyclic) bond motifs is 7. The molecule has 33 unspecified atom stereocenters. The molecule has 86 heavy (non-hydrogen) atoms. The molecule has 9 fully saturated rings. The third-order valence-electron chi connectivity index (χ3n) is 22.5. The topological polar surface area (TPSA) is 470 Å². The summed E-state index contributed by atoms with van der Waals surface area (Å²) in [7, 11) is 0. The van der Waals surface area contributed by atoms with Crippen LogP contribution in [0.3, 0.4) is 0 Å². The van der Waals surface area contributed by atoms with Gasteiger partial charge in [0.1, 0.15) is 84.3 Å². The molecule has 4 saturated carbocycles. The van der Waals surface area contributed by atoms with E-state index in [0.29, 0.717) is 19.3 Å². The fourth-order valence-electron chi connectivity index (χ4n) is 17.6. The summed E-state index contributed by atoms with van der Waals surface area (Å²) in [4.78, 5) is 27.4. The van der Waals surface area contributed by atoms with Crippen molar-refractivity contribution < 1.29 is 144 Å². The lowest BCUT2D eigenvalue weighted by Gasteiger charge is -2.73. The van der Waals surface area contributed by atoms with Crippen LogP contribution in [0.5, 0.6) is 0 Å². The quantitative estimate of drug-likeness (QED) is 0.0439. The van der Waals surface area contributed by atoms with Gasteiger partial charge in [0, 0.05) is 11.3 Å². The summed E-state index contributed by atoms with van der Waals surface area (Å²) in [6, 6.07) is 0. The highest BCUT2D eigenvalue weighted by Crippen LogP contribution is 2.76. The molecule has 29 heteroatoms. The molecule has 5 aliphatic carbocycles. The van der Waals surface area contributed by atoms with Gasteiger partial charge in [-0.3, -0.25) is 4.79 Å². The third-order valence-corrected chi connectivity index (χ3v) is 22.5. The van der Waals surface area contributed by atoms with Crippen LogP contribution in [0.15, 0.2) is 11.6 Å². The highest BCUT2D eigenvalue weighted by atomic mass is 16.8. The van der Waals surface area contributed by atoms with Crippen molar-refractivity contribution in [2.45, 2.75) is 246 Å². The molecule has 0 spiro atoms. The first-order valence-electron chi connectivity index (χ1n) is 29.8. The number of carboxylic acids is 1. The average molecular weight is 1240 g/mol. The maximum atomic E-state index is 15.4. The Morgan fingerprint density at radius 2 is 1.28 bits per heavy atom. The zero-order valence-electron chi connectivity index (χ0n) is 49.2. The first kappa shape index (κ1) is 66.6. The van der Waals surface area contributed by atoms with Gasteiger partial charge in [0.25, 0.3) is 0 Å². The van der Waals surface area contributed by atoms with E-state index in [1.165, 1.54) is 6.92 Å². The van der Waals surface area contributed by atoms with Crippen molar-refractivity contribution in [2.24, 2.45) is 50.2 Å². The van der Waals surface area contributed by atoms with E-state index in [9.17, 15) is 91.6 Å². The van der Waals surface area contributed by atoms with E-state index in [-0.39, 0.29) is 31.6 Å². The summed E-state index contributed by atoms with van der Waals surface area (Å²) in [5, 5.41) is 188. The molecule has 17 N–H and O–H groups in total. The average Bonchev–Trinajstić information content (AvgIpc) is 0.762. The number of ether oxygens (including phenoxy) is 10. The zero-order valence-corrected chi connectivity index (χ0v) is 49.2. The molecule has 492 valence electrons. The smallest absolute Gasteiger partial charge is 0.335 e. The molecule has 10 aliphatic rings. The van der Waals surface area contributed by atoms with E-state index in [1.54, 1.807) is 6.92 Å². The van der Waals surface area contributed by atoms with Crippen LogP contribution in [-0.4, -0.2) is 285 Å². The fourth-order valence-corrected chi connectivity index (χ4v) is 17.6. The summed E-state index contributed by atoms with van der Waals surface area (Å²) in [5.41, 5.74) is -7.61. The number of carbonyl (C=O) groups is 2. The summed E-state index contributed by atoms with van der Waals surface area (Å²) in [6.07, 6.45) is -36.8. The Morgan fingerprint density at radius 3 is 1.92 bits per heavy atom. The number of esters is 1. The fraction of sp³-hybridized carbons (Fsp3) is 0.930. The van der Waals surface area contributed by atoms with Crippen molar-refractivity contribution in [3.05, 3.63) is 11.6 Å².